The van der Waals surface area contributed by atoms with Crippen LogP contribution in [0.3, 0.4) is 0 Å². The summed E-state index contributed by atoms with van der Waals surface area (Å²) >= 11 is 0. The summed E-state index contributed by atoms with van der Waals surface area (Å²) in [6.45, 7) is 5.65. The van der Waals surface area contributed by atoms with Gasteiger partial charge in [0.15, 0.2) is 0 Å². The standard InChI is InChI=1S/C9H13N3O/c1-3-6(2)10-9-11-8(13-12-9)7-4-5-7/h3,6-7H,1,4-5H2,2H3,(H,10,12). The van der Waals surface area contributed by atoms with Gasteiger partial charge in [0, 0.05) is 12.0 Å². The summed E-state index contributed by atoms with van der Waals surface area (Å²) in [5.74, 6) is 1.84. The van der Waals surface area contributed by atoms with Gasteiger partial charge in [0.25, 0.3) is 5.95 Å². The second-order valence-electron chi connectivity index (χ2n) is 3.40. The summed E-state index contributed by atoms with van der Waals surface area (Å²) in [7, 11) is 0. The lowest BCUT2D eigenvalue weighted by molar-refractivity contribution is 0.380. The van der Waals surface area contributed by atoms with Gasteiger partial charge in [-0.3, -0.25) is 0 Å². The smallest absolute Gasteiger partial charge is 0.263 e. The Bertz CT molecular complexity index is 304. The normalized spacial score (nSPS) is 18.2. The van der Waals surface area contributed by atoms with Crippen molar-refractivity contribution in [2.75, 3.05) is 5.32 Å². The minimum Gasteiger partial charge on any atom is -0.346 e. The van der Waals surface area contributed by atoms with Crippen molar-refractivity contribution in [3.8, 4) is 0 Å². The first kappa shape index (κ1) is 8.29. The van der Waals surface area contributed by atoms with Gasteiger partial charge in [-0.25, -0.2) is 0 Å². The molecular weight excluding hydrogens is 166 g/mol. The number of hydrogen-bond donors (Lipinski definition) is 1. The predicted octanol–water partition coefficient (Wildman–Crippen LogP) is 1.93. The molecular formula is C9H13N3O. The molecule has 0 radical (unpaired) electrons. The van der Waals surface area contributed by atoms with E-state index in [1.807, 2.05) is 6.92 Å². The van der Waals surface area contributed by atoms with Crippen LogP contribution in [-0.2, 0) is 0 Å². The molecule has 2 rings (SSSR count). The third kappa shape index (κ3) is 1.88. The van der Waals surface area contributed by atoms with E-state index in [1.165, 1.54) is 12.8 Å². The van der Waals surface area contributed by atoms with Crippen LogP contribution in [0.25, 0.3) is 0 Å². The molecule has 1 saturated carbocycles. The van der Waals surface area contributed by atoms with Gasteiger partial charge in [0.1, 0.15) is 0 Å². The summed E-state index contributed by atoms with van der Waals surface area (Å²) < 4.78 is 5.08. The van der Waals surface area contributed by atoms with Crippen LogP contribution in [-0.4, -0.2) is 16.2 Å². The van der Waals surface area contributed by atoms with Crippen LogP contribution >= 0.6 is 0 Å². The molecule has 1 unspecified atom stereocenters. The van der Waals surface area contributed by atoms with E-state index in [0.717, 1.165) is 5.89 Å². The summed E-state index contributed by atoms with van der Waals surface area (Å²) in [6, 6.07) is 0.171. The number of hydrogen-bond acceptors (Lipinski definition) is 4. The minimum absolute atomic E-state index is 0.171. The molecule has 1 atom stereocenters. The van der Waals surface area contributed by atoms with Gasteiger partial charge in [0.05, 0.1) is 0 Å². The maximum absolute atomic E-state index is 5.08. The van der Waals surface area contributed by atoms with E-state index in [9.17, 15) is 0 Å². The van der Waals surface area contributed by atoms with Crippen molar-refractivity contribution in [3.05, 3.63) is 18.5 Å². The Morgan fingerprint density at radius 1 is 1.69 bits per heavy atom. The molecule has 0 amide bonds. The van der Waals surface area contributed by atoms with Crippen molar-refractivity contribution in [1.82, 2.24) is 10.1 Å². The number of aromatic nitrogens is 2. The van der Waals surface area contributed by atoms with Crippen LogP contribution in [0.5, 0.6) is 0 Å². The lowest BCUT2D eigenvalue weighted by Gasteiger charge is -2.03. The Balaban J connectivity index is 2.00. The fourth-order valence-corrected chi connectivity index (χ4v) is 1.05. The van der Waals surface area contributed by atoms with Crippen LogP contribution in [0.2, 0.25) is 0 Å². The highest BCUT2D eigenvalue weighted by molar-refractivity contribution is 5.26. The summed E-state index contributed by atoms with van der Waals surface area (Å²) in [4.78, 5) is 4.22. The Hall–Kier alpha value is -1.32. The third-order valence-electron chi connectivity index (χ3n) is 2.08. The Morgan fingerprint density at radius 2 is 2.46 bits per heavy atom. The highest BCUT2D eigenvalue weighted by Crippen LogP contribution is 2.39. The summed E-state index contributed by atoms with van der Waals surface area (Å²) in [6.07, 6.45) is 4.16. The van der Waals surface area contributed by atoms with E-state index in [-0.39, 0.29) is 6.04 Å². The fraction of sp³-hybridized carbons (Fsp3) is 0.556. The van der Waals surface area contributed by atoms with E-state index < -0.39 is 0 Å². The Morgan fingerprint density at radius 3 is 3.08 bits per heavy atom. The second-order valence-corrected chi connectivity index (χ2v) is 3.40. The predicted molar refractivity (Wildman–Crippen MR) is 49.6 cm³/mol. The van der Waals surface area contributed by atoms with Crippen LogP contribution < -0.4 is 5.32 Å². The molecule has 70 valence electrons. The highest BCUT2D eigenvalue weighted by Gasteiger charge is 2.29. The van der Waals surface area contributed by atoms with Gasteiger partial charge in [-0.1, -0.05) is 6.08 Å². The molecule has 4 heteroatoms. The molecule has 1 aliphatic carbocycles. The highest BCUT2D eigenvalue weighted by atomic mass is 16.5. The fourth-order valence-electron chi connectivity index (χ4n) is 1.05. The van der Waals surface area contributed by atoms with Gasteiger partial charge in [-0.2, -0.15) is 4.98 Å². The lowest BCUT2D eigenvalue weighted by atomic mass is 10.3. The maximum Gasteiger partial charge on any atom is 0.263 e. The molecule has 0 saturated heterocycles. The molecule has 0 aliphatic heterocycles. The average molecular weight is 179 g/mol. The van der Waals surface area contributed by atoms with Crippen molar-refractivity contribution in [2.24, 2.45) is 0 Å². The zero-order valence-corrected chi connectivity index (χ0v) is 7.66. The number of anilines is 1. The van der Waals surface area contributed by atoms with Gasteiger partial charge in [-0.15, -0.1) is 6.58 Å². The van der Waals surface area contributed by atoms with E-state index >= 15 is 0 Å². The van der Waals surface area contributed by atoms with Gasteiger partial charge in [-0.05, 0) is 24.9 Å². The van der Waals surface area contributed by atoms with Gasteiger partial charge >= 0.3 is 0 Å². The largest absolute Gasteiger partial charge is 0.346 e. The second kappa shape index (κ2) is 3.20. The van der Waals surface area contributed by atoms with Crippen LogP contribution in [0, 0.1) is 0 Å². The maximum atomic E-state index is 5.08. The van der Waals surface area contributed by atoms with Crippen molar-refractivity contribution < 1.29 is 4.52 Å². The molecule has 1 N–H and O–H groups in total. The first-order valence-electron chi connectivity index (χ1n) is 4.52. The van der Waals surface area contributed by atoms with Crippen molar-refractivity contribution >= 4 is 5.95 Å². The third-order valence-corrected chi connectivity index (χ3v) is 2.08. The minimum atomic E-state index is 0.171. The molecule has 1 aromatic rings. The molecule has 4 nitrogen and oxygen atoms in total. The van der Waals surface area contributed by atoms with Crippen molar-refractivity contribution in [3.63, 3.8) is 0 Å². The number of nitrogens with one attached hydrogen (secondary N) is 1. The van der Waals surface area contributed by atoms with Crippen molar-refractivity contribution in [2.45, 2.75) is 31.7 Å². The van der Waals surface area contributed by atoms with E-state index in [1.54, 1.807) is 6.08 Å². The quantitative estimate of drug-likeness (QED) is 0.717. The topological polar surface area (TPSA) is 51.0 Å². The first-order valence-corrected chi connectivity index (χ1v) is 4.52. The molecule has 0 aromatic carbocycles. The Kier molecular flexibility index (Phi) is 2.04. The van der Waals surface area contributed by atoms with E-state index in [4.69, 9.17) is 4.52 Å². The van der Waals surface area contributed by atoms with E-state index in [0.29, 0.717) is 11.9 Å². The molecule has 13 heavy (non-hydrogen) atoms. The SMILES string of the molecule is C=CC(C)Nc1noc(C2CC2)n1. The average Bonchev–Trinajstić information content (AvgIpc) is 2.88. The molecule has 1 aromatic heterocycles. The summed E-state index contributed by atoms with van der Waals surface area (Å²) in [5, 5.41) is 6.88. The zero-order chi connectivity index (χ0) is 9.26. The van der Waals surface area contributed by atoms with Gasteiger partial charge < -0.3 is 9.84 Å². The number of rotatable bonds is 4. The molecule has 1 fully saturated rings. The first-order chi connectivity index (χ1) is 6.29. The molecule has 1 aliphatic rings. The lowest BCUT2D eigenvalue weighted by Crippen LogP contribution is -2.12. The van der Waals surface area contributed by atoms with Crippen LogP contribution in [0.1, 0.15) is 31.6 Å². The van der Waals surface area contributed by atoms with Crippen LogP contribution in [0.4, 0.5) is 5.95 Å². The molecule has 1 heterocycles. The Labute approximate surface area is 77.0 Å². The molecule has 0 spiro atoms. The zero-order valence-electron chi connectivity index (χ0n) is 7.66. The van der Waals surface area contributed by atoms with E-state index in [2.05, 4.69) is 22.0 Å². The van der Waals surface area contributed by atoms with Gasteiger partial charge in [0.2, 0.25) is 5.89 Å². The van der Waals surface area contributed by atoms with Crippen LogP contribution in [0.15, 0.2) is 17.2 Å². The monoisotopic (exact) mass is 179 g/mol. The molecule has 0 bridgehead atoms. The van der Waals surface area contributed by atoms with Crippen molar-refractivity contribution in [1.29, 1.82) is 0 Å². The summed E-state index contributed by atoms with van der Waals surface area (Å²) in [5.41, 5.74) is 0. The number of nitrogens with zero attached hydrogens (tertiary/aromatic N) is 2.